The SMILES string of the molecule is CN(CC1COc2ccccc2O1)C(=O)C1=NN(Cc2ccc(F)cc2)C(=O)CC1. The fraction of sp³-hybridized carbons (Fsp3) is 0.318. The van der Waals surface area contributed by atoms with Gasteiger partial charge in [-0.2, -0.15) is 5.10 Å². The Morgan fingerprint density at radius 3 is 2.67 bits per heavy atom. The van der Waals surface area contributed by atoms with Gasteiger partial charge in [-0.15, -0.1) is 0 Å². The first-order valence-electron chi connectivity index (χ1n) is 9.76. The van der Waals surface area contributed by atoms with Crippen molar-refractivity contribution < 1.29 is 23.5 Å². The van der Waals surface area contributed by atoms with E-state index < -0.39 is 0 Å². The summed E-state index contributed by atoms with van der Waals surface area (Å²) < 4.78 is 24.7. The van der Waals surface area contributed by atoms with Crippen molar-refractivity contribution in [3.8, 4) is 11.5 Å². The smallest absolute Gasteiger partial charge is 0.269 e. The number of amides is 2. The van der Waals surface area contributed by atoms with Gasteiger partial charge in [0, 0.05) is 19.9 Å². The number of hydrogen-bond acceptors (Lipinski definition) is 5. The molecule has 0 aliphatic carbocycles. The highest BCUT2D eigenvalue weighted by Crippen LogP contribution is 2.31. The molecule has 0 fully saturated rings. The zero-order chi connectivity index (χ0) is 21.1. The minimum atomic E-state index is -0.346. The van der Waals surface area contributed by atoms with E-state index in [-0.39, 0.29) is 43.1 Å². The maximum Gasteiger partial charge on any atom is 0.269 e. The normalized spacial score (nSPS) is 18.1. The molecule has 0 radical (unpaired) electrons. The van der Waals surface area contributed by atoms with Crippen molar-refractivity contribution in [1.82, 2.24) is 9.91 Å². The summed E-state index contributed by atoms with van der Waals surface area (Å²) >= 11 is 0. The van der Waals surface area contributed by atoms with E-state index >= 15 is 0 Å². The molecule has 0 bridgehead atoms. The molecular formula is C22H22FN3O4. The highest BCUT2D eigenvalue weighted by Gasteiger charge is 2.29. The highest BCUT2D eigenvalue weighted by atomic mass is 19.1. The number of halogens is 1. The number of benzene rings is 2. The minimum Gasteiger partial charge on any atom is -0.486 e. The predicted octanol–water partition coefficient (Wildman–Crippen LogP) is 2.60. The lowest BCUT2D eigenvalue weighted by Gasteiger charge is -2.30. The Morgan fingerprint density at radius 1 is 1.17 bits per heavy atom. The molecule has 1 unspecified atom stereocenters. The molecule has 0 spiro atoms. The first-order chi connectivity index (χ1) is 14.5. The molecule has 156 valence electrons. The van der Waals surface area contributed by atoms with E-state index in [4.69, 9.17) is 9.47 Å². The van der Waals surface area contributed by atoms with Crippen LogP contribution in [0, 0.1) is 5.82 Å². The monoisotopic (exact) mass is 411 g/mol. The van der Waals surface area contributed by atoms with Gasteiger partial charge >= 0.3 is 0 Å². The average molecular weight is 411 g/mol. The van der Waals surface area contributed by atoms with Crippen LogP contribution in [0.25, 0.3) is 0 Å². The van der Waals surface area contributed by atoms with E-state index in [1.54, 1.807) is 19.2 Å². The number of carbonyl (C=O) groups is 2. The Hall–Kier alpha value is -3.42. The van der Waals surface area contributed by atoms with Crippen LogP contribution in [-0.4, -0.2) is 53.7 Å². The largest absolute Gasteiger partial charge is 0.486 e. The van der Waals surface area contributed by atoms with Gasteiger partial charge in [0.2, 0.25) is 5.91 Å². The molecule has 0 saturated heterocycles. The average Bonchev–Trinajstić information content (AvgIpc) is 2.76. The second-order valence-corrected chi connectivity index (χ2v) is 7.31. The predicted molar refractivity (Wildman–Crippen MR) is 108 cm³/mol. The topological polar surface area (TPSA) is 71.4 Å². The van der Waals surface area contributed by atoms with Crippen molar-refractivity contribution in [1.29, 1.82) is 0 Å². The molecule has 2 aliphatic rings. The lowest BCUT2D eigenvalue weighted by molar-refractivity contribution is -0.132. The molecule has 2 aliphatic heterocycles. The third-order valence-electron chi connectivity index (χ3n) is 4.99. The van der Waals surface area contributed by atoms with Crippen LogP contribution in [0.5, 0.6) is 11.5 Å². The first kappa shape index (κ1) is 19.9. The number of rotatable bonds is 5. The highest BCUT2D eigenvalue weighted by molar-refractivity contribution is 6.39. The van der Waals surface area contributed by atoms with Gasteiger partial charge in [-0.1, -0.05) is 24.3 Å². The number of hydrazone groups is 1. The zero-order valence-corrected chi connectivity index (χ0v) is 16.6. The van der Waals surface area contributed by atoms with Gasteiger partial charge in [-0.25, -0.2) is 9.40 Å². The fourth-order valence-electron chi connectivity index (χ4n) is 3.40. The van der Waals surface area contributed by atoms with Gasteiger partial charge in [0.05, 0.1) is 13.1 Å². The standard InChI is InChI=1S/C22H22FN3O4/c1-25(13-17-14-29-19-4-2-3-5-20(19)30-17)22(28)18-10-11-21(27)26(24-18)12-15-6-8-16(23)9-7-15/h2-9,17H,10-14H2,1H3. The van der Waals surface area contributed by atoms with E-state index in [1.165, 1.54) is 22.0 Å². The molecule has 1 atom stereocenters. The second kappa shape index (κ2) is 8.52. The molecule has 2 aromatic carbocycles. The summed E-state index contributed by atoms with van der Waals surface area (Å²) in [5.41, 5.74) is 1.05. The summed E-state index contributed by atoms with van der Waals surface area (Å²) in [4.78, 5) is 26.6. The second-order valence-electron chi connectivity index (χ2n) is 7.31. The van der Waals surface area contributed by atoms with Crippen LogP contribution in [0.4, 0.5) is 4.39 Å². The third kappa shape index (κ3) is 4.42. The van der Waals surface area contributed by atoms with Crippen molar-refractivity contribution in [2.24, 2.45) is 5.10 Å². The number of carbonyl (C=O) groups excluding carboxylic acids is 2. The van der Waals surface area contributed by atoms with Gasteiger partial charge in [-0.3, -0.25) is 9.59 Å². The van der Waals surface area contributed by atoms with Crippen LogP contribution in [0.3, 0.4) is 0 Å². The van der Waals surface area contributed by atoms with Gasteiger partial charge in [0.15, 0.2) is 17.6 Å². The van der Waals surface area contributed by atoms with Crippen LogP contribution in [-0.2, 0) is 16.1 Å². The Bertz CT molecular complexity index is 977. The molecule has 2 aromatic rings. The Kier molecular flexibility index (Phi) is 5.65. The summed E-state index contributed by atoms with van der Waals surface area (Å²) in [6.45, 7) is 0.865. The van der Waals surface area contributed by atoms with Crippen LogP contribution < -0.4 is 9.47 Å². The number of para-hydroxylation sites is 2. The van der Waals surface area contributed by atoms with Crippen LogP contribution >= 0.6 is 0 Å². The minimum absolute atomic E-state index is 0.167. The zero-order valence-electron chi connectivity index (χ0n) is 16.6. The Morgan fingerprint density at radius 2 is 1.90 bits per heavy atom. The van der Waals surface area contributed by atoms with Gasteiger partial charge in [0.25, 0.3) is 5.91 Å². The van der Waals surface area contributed by atoms with Crippen molar-refractivity contribution in [3.05, 3.63) is 59.9 Å². The molecule has 4 rings (SSSR count). The maximum atomic E-state index is 13.1. The lowest BCUT2D eigenvalue weighted by Crippen LogP contribution is -2.45. The van der Waals surface area contributed by atoms with Crippen LogP contribution in [0.15, 0.2) is 53.6 Å². The van der Waals surface area contributed by atoms with E-state index in [1.807, 2.05) is 24.3 Å². The molecular weight excluding hydrogens is 389 g/mol. The molecule has 2 heterocycles. The van der Waals surface area contributed by atoms with Gasteiger partial charge < -0.3 is 14.4 Å². The van der Waals surface area contributed by atoms with E-state index in [2.05, 4.69) is 5.10 Å². The summed E-state index contributed by atoms with van der Waals surface area (Å²) in [6.07, 6.45) is 0.193. The number of hydrogen-bond donors (Lipinski definition) is 0. The summed E-state index contributed by atoms with van der Waals surface area (Å²) in [5, 5.41) is 5.55. The summed E-state index contributed by atoms with van der Waals surface area (Å²) in [6, 6.07) is 13.3. The summed E-state index contributed by atoms with van der Waals surface area (Å²) in [7, 11) is 1.68. The molecule has 0 saturated carbocycles. The number of nitrogens with zero attached hydrogens (tertiary/aromatic N) is 3. The lowest BCUT2D eigenvalue weighted by atomic mass is 10.1. The van der Waals surface area contributed by atoms with Crippen molar-refractivity contribution in [2.75, 3.05) is 20.2 Å². The molecule has 7 nitrogen and oxygen atoms in total. The van der Waals surface area contributed by atoms with Gasteiger partial charge in [0.1, 0.15) is 18.1 Å². The van der Waals surface area contributed by atoms with Crippen LogP contribution in [0.1, 0.15) is 18.4 Å². The molecule has 0 N–H and O–H groups in total. The number of ether oxygens (including phenoxy) is 2. The molecule has 0 aromatic heterocycles. The van der Waals surface area contributed by atoms with Gasteiger partial charge in [-0.05, 0) is 29.8 Å². The summed E-state index contributed by atoms with van der Waals surface area (Å²) in [5.74, 6) is 0.574. The van der Waals surface area contributed by atoms with E-state index in [9.17, 15) is 14.0 Å². The van der Waals surface area contributed by atoms with Crippen molar-refractivity contribution >= 4 is 17.5 Å². The molecule has 30 heavy (non-hydrogen) atoms. The van der Waals surface area contributed by atoms with Crippen LogP contribution in [0.2, 0.25) is 0 Å². The molecule has 2 amide bonds. The van der Waals surface area contributed by atoms with E-state index in [0.29, 0.717) is 30.4 Å². The Balaban J connectivity index is 1.40. The van der Waals surface area contributed by atoms with Crippen molar-refractivity contribution in [2.45, 2.75) is 25.5 Å². The number of likely N-dealkylation sites (N-methyl/N-ethyl adjacent to an activating group) is 1. The fourth-order valence-corrected chi connectivity index (χ4v) is 3.40. The third-order valence-corrected chi connectivity index (χ3v) is 4.99. The van der Waals surface area contributed by atoms with E-state index in [0.717, 1.165) is 5.56 Å². The maximum absolute atomic E-state index is 13.1. The Labute approximate surface area is 173 Å². The quantitative estimate of drug-likeness (QED) is 0.758. The van der Waals surface area contributed by atoms with Crippen molar-refractivity contribution in [3.63, 3.8) is 0 Å². The first-order valence-corrected chi connectivity index (χ1v) is 9.76. The molecule has 8 heteroatoms. The number of fused-ring (bicyclic) bond motifs is 1.